The van der Waals surface area contributed by atoms with Crippen molar-refractivity contribution in [3.05, 3.63) is 24.4 Å². The van der Waals surface area contributed by atoms with Gasteiger partial charge in [-0.2, -0.15) is 0 Å². The number of piperazine rings is 1. The van der Waals surface area contributed by atoms with E-state index in [1.54, 1.807) is 11.9 Å². The minimum Gasteiger partial charge on any atom is -0.373 e. The van der Waals surface area contributed by atoms with Crippen molar-refractivity contribution >= 4 is 18.5 Å². The summed E-state index contributed by atoms with van der Waals surface area (Å²) >= 11 is 0. The van der Waals surface area contributed by atoms with Gasteiger partial charge in [-0.05, 0) is 25.3 Å². The van der Waals surface area contributed by atoms with Crippen molar-refractivity contribution in [1.29, 1.82) is 0 Å². The lowest BCUT2D eigenvalue weighted by atomic mass is 10.1. The topological polar surface area (TPSA) is 60.9 Å². The van der Waals surface area contributed by atoms with Crippen LogP contribution in [0, 0.1) is 0 Å². The van der Waals surface area contributed by atoms with E-state index in [0.717, 1.165) is 58.1 Å². The number of nitrogens with zero attached hydrogens (tertiary/aromatic N) is 3. The van der Waals surface area contributed by atoms with Crippen molar-refractivity contribution < 1.29 is 14.4 Å². The molecule has 0 atom stereocenters. The largest absolute Gasteiger partial charge is 0.373 e. The van der Waals surface area contributed by atoms with Crippen LogP contribution in [0.3, 0.4) is 0 Å². The number of carbonyl (C=O) groups is 3. The number of aldehydes is 2. The first-order chi connectivity index (χ1) is 11.6. The Morgan fingerprint density at radius 2 is 1.83 bits per heavy atom. The van der Waals surface area contributed by atoms with Crippen molar-refractivity contribution in [1.82, 2.24) is 14.7 Å². The van der Waals surface area contributed by atoms with Crippen LogP contribution in [0.15, 0.2) is 24.4 Å². The Kier molecular flexibility index (Phi) is 9.68. The molecule has 0 unspecified atom stereocenters. The SMILES string of the molecule is C=C(CCCCCN(C)C(=O)/C=C\C=O)N1CCN(CC=O)CC1. The highest BCUT2D eigenvalue weighted by molar-refractivity contribution is 5.90. The van der Waals surface area contributed by atoms with E-state index < -0.39 is 0 Å². The van der Waals surface area contributed by atoms with Crippen LogP contribution in [0.2, 0.25) is 0 Å². The molecule has 0 bridgehead atoms. The Labute approximate surface area is 144 Å². The summed E-state index contributed by atoms with van der Waals surface area (Å²) < 4.78 is 0. The Balaban J connectivity index is 2.11. The van der Waals surface area contributed by atoms with E-state index in [-0.39, 0.29) is 5.91 Å². The molecular formula is C18H29N3O3. The highest BCUT2D eigenvalue weighted by Crippen LogP contribution is 2.14. The fourth-order valence-electron chi connectivity index (χ4n) is 2.72. The van der Waals surface area contributed by atoms with Gasteiger partial charge in [-0.25, -0.2) is 0 Å². The minimum absolute atomic E-state index is 0.139. The van der Waals surface area contributed by atoms with Crippen LogP contribution in [-0.4, -0.2) is 79.5 Å². The van der Waals surface area contributed by atoms with E-state index in [4.69, 9.17) is 0 Å². The Hall–Kier alpha value is -1.95. The van der Waals surface area contributed by atoms with Crippen molar-refractivity contribution in [2.45, 2.75) is 25.7 Å². The maximum absolute atomic E-state index is 11.6. The Morgan fingerprint density at radius 1 is 1.12 bits per heavy atom. The summed E-state index contributed by atoms with van der Waals surface area (Å²) in [6, 6.07) is 0. The average molecular weight is 335 g/mol. The van der Waals surface area contributed by atoms with Crippen LogP contribution < -0.4 is 0 Å². The number of amides is 1. The van der Waals surface area contributed by atoms with Gasteiger partial charge in [0, 0.05) is 51.5 Å². The smallest absolute Gasteiger partial charge is 0.246 e. The molecule has 0 radical (unpaired) electrons. The van der Waals surface area contributed by atoms with Gasteiger partial charge >= 0.3 is 0 Å². The molecule has 0 aliphatic carbocycles. The predicted molar refractivity (Wildman–Crippen MR) is 94.5 cm³/mol. The quantitative estimate of drug-likeness (QED) is 0.321. The summed E-state index contributed by atoms with van der Waals surface area (Å²) in [6.07, 6.45) is 8.08. The molecule has 0 aromatic rings. The molecule has 1 aliphatic heterocycles. The lowest BCUT2D eigenvalue weighted by Gasteiger charge is -2.36. The molecule has 1 fully saturated rings. The summed E-state index contributed by atoms with van der Waals surface area (Å²) in [7, 11) is 1.75. The van der Waals surface area contributed by atoms with Crippen LogP contribution in [0.4, 0.5) is 0 Å². The summed E-state index contributed by atoms with van der Waals surface area (Å²) in [5.41, 5.74) is 1.17. The number of hydrogen-bond donors (Lipinski definition) is 0. The lowest BCUT2D eigenvalue weighted by molar-refractivity contribution is -0.125. The van der Waals surface area contributed by atoms with E-state index in [1.807, 2.05) is 0 Å². The molecular weight excluding hydrogens is 306 g/mol. The third-order valence-electron chi connectivity index (χ3n) is 4.30. The molecule has 0 aromatic heterocycles. The van der Waals surface area contributed by atoms with Crippen LogP contribution in [0.25, 0.3) is 0 Å². The van der Waals surface area contributed by atoms with Gasteiger partial charge in [-0.1, -0.05) is 13.0 Å². The summed E-state index contributed by atoms with van der Waals surface area (Å²) in [4.78, 5) is 38.4. The number of unbranched alkanes of at least 4 members (excludes halogenated alkanes) is 2. The van der Waals surface area contributed by atoms with Crippen molar-refractivity contribution in [2.75, 3.05) is 46.3 Å². The van der Waals surface area contributed by atoms with E-state index >= 15 is 0 Å². The summed E-state index contributed by atoms with van der Waals surface area (Å²) in [6.45, 7) is 9.10. The zero-order valence-electron chi connectivity index (χ0n) is 14.7. The highest BCUT2D eigenvalue weighted by Gasteiger charge is 2.16. The van der Waals surface area contributed by atoms with Crippen molar-refractivity contribution in [3.63, 3.8) is 0 Å². The maximum Gasteiger partial charge on any atom is 0.246 e. The second-order valence-corrected chi connectivity index (χ2v) is 6.09. The zero-order valence-corrected chi connectivity index (χ0v) is 14.7. The molecule has 1 rings (SSSR count). The van der Waals surface area contributed by atoms with Crippen molar-refractivity contribution in [3.8, 4) is 0 Å². The van der Waals surface area contributed by atoms with Gasteiger partial charge in [0.1, 0.15) is 12.6 Å². The standard InChI is InChI=1S/C18H29N3O3/c1-17(21-12-10-20(11-13-21)14-16-23)7-4-3-5-9-19(2)18(24)8-6-15-22/h6,8,15-16H,1,3-5,7,9-14H2,2H3/b8-6-. The van der Waals surface area contributed by atoms with Gasteiger partial charge < -0.3 is 14.6 Å². The molecule has 0 N–H and O–H groups in total. The fraction of sp³-hybridized carbons (Fsp3) is 0.611. The molecule has 6 heteroatoms. The molecule has 0 spiro atoms. The number of rotatable bonds is 11. The fourth-order valence-corrected chi connectivity index (χ4v) is 2.72. The first kappa shape index (κ1) is 20.1. The Morgan fingerprint density at radius 3 is 2.46 bits per heavy atom. The predicted octanol–water partition coefficient (Wildman–Crippen LogP) is 1.09. The monoisotopic (exact) mass is 335 g/mol. The highest BCUT2D eigenvalue weighted by atomic mass is 16.2. The summed E-state index contributed by atoms with van der Waals surface area (Å²) in [5, 5.41) is 0. The van der Waals surface area contributed by atoms with Crippen LogP contribution in [0.1, 0.15) is 25.7 Å². The van der Waals surface area contributed by atoms with Gasteiger partial charge in [0.15, 0.2) is 0 Å². The maximum atomic E-state index is 11.6. The van der Waals surface area contributed by atoms with E-state index in [0.29, 0.717) is 19.4 Å². The second kappa shape index (κ2) is 11.6. The molecule has 0 saturated carbocycles. The number of carbonyl (C=O) groups excluding carboxylic acids is 3. The molecule has 24 heavy (non-hydrogen) atoms. The molecule has 1 saturated heterocycles. The van der Waals surface area contributed by atoms with Crippen LogP contribution >= 0.6 is 0 Å². The van der Waals surface area contributed by atoms with Crippen LogP contribution in [-0.2, 0) is 14.4 Å². The second-order valence-electron chi connectivity index (χ2n) is 6.09. The molecule has 134 valence electrons. The first-order valence-electron chi connectivity index (χ1n) is 8.54. The lowest BCUT2D eigenvalue weighted by Crippen LogP contribution is -2.46. The third-order valence-corrected chi connectivity index (χ3v) is 4.30. The number of likely N-dealkylation sites (N-methyl/N-ethyl adjacent to an activating group) is 1. The van der Waals surface area contributed by atoms with E-state index in [2.05, 4.69) is 16.4 Å². The van der Waals surface area contributed by atoms with Gasteiger partial charge in [0.2, 0.25) is 5.91 Å². The van der Waals surface area contributed by atoms with Crippen molar-refractivity contribution in [2.24, 2.45) is 0 Å². The molecule has 0 aromatic carbocycles. The molecule has 6 nitrogen and oxygen atoms in total. The number of allylic oxidation sites excluding steroid dienone is 2. The average Bonchev–Trinajstić information content (AvgIpc) is 2.59. The number of hydrogen-bond acceptors (Lipinski definition) is 5. The minimum atomic E-state index is -0.139. The van der Waals surface area contributed by atoms with Crippen LogP contribution in [0.5, 0.6) is 0 Å². The normalized spacial score (nSPS) is 15.5. The summed E-state index contributed by atoms with van der Waals surface area (Å²) in [5.74, 6) is -0.139. The van der Waals surface area contributed by atoms with Gasteiger partial charge in [0.25, 0.3) is 0 Å². The van der Waals surface area contributed by atoms with Gasteiger partial charge in [0.05, 0.1) is 6.54 Å². The molecule has 1 aliphatic rings. The first-order valence-corrected chi connectivity index (χ1v) is 8.54. The zero-order chi connectivity index (χ0) is 17.8. The van der Waals surface area contributed by atoms with Gasteiger partial charge in [-0.3, -0.25) is 14.5 Å². The Bertz CT molecular complexity index is 454. The molecule has 1 heterocycles. The van der Waals surface area contributed by atoms with Gasteiger partial charge in [-0.15, -0.1) is 0 Å². The third kappa shape index (κ3) is 7.55. The molecule has 1 amide bonds. The van der Waals surface area contributed by atoms with E-state index in [1.165, 1.54) is 17.8 Å². The van der Waals surface area contributed by atoms with E-state index in [9.17, 15) is 14.4 Å².